The molecule has 0 aromatic rings. The predicted octanol–water partition coefficient (Wildman–Crippen LogP) is 0.273. The highest BCUT2D eigenvalue weighted by Gasteiger charge is 2.43. The van der Waals surface area contributed by atoms with Crippen LogP contribution in [0.2, 0.25) is 0 Å². The normalized spacial score (nSPS) is 13.3. The average Bonchev–Trinajstić information content (AvgIpc) is 2.02. The number of carboxylic acid groups (broad SMARTS) is 3. The Bertz CT molecular complexity index is 255. The number of hydrogen-bond donors (Lipinski definition) is 3. The first-order valence-electron chi connectivity index (χ1n) is 3.91. The summed E-state index contributed by atoms with van der Waals surface area (Å²) in [7, 11) is 0. The molecule has 0 spiro atoms. The van der Waals surface area contributed by atoms with Crippen molar-refractivity contribution in [2.75, 3.05) is 0 Å². The van der Waals surface area contributed by atoms with E-state index >= 15 is 0 Å². The summed E-state index contributed by atoms with van der Waals surface area (Å²) in [4.78, 5) is 31.7. The van der Waals surface area contributed by atoms with Crippen LogP contribution in [-0.2, 0) is 14.4 Å². The molecule has 0 bridgehead atoms. The van der Waals surface area contributed by atoms with E-state index in [4.69, 9.17) is 15.3 Å². The standard InChI is InChI=1S/C8H12O6/c1-4(5(9)10)3-8(2,6(11)12)7(13)14/h4H,3H2,1-2H3,(H,9,10)(H,11,12)(H,13,14)/t4-/m1/s1. The molecule has 1 atom stereocenters. The lowest BCUT2D eigenvalue weighted by Gasteiger charge is -2.21. The largest absolute Gasteiger partial charge is 0.481 e. The molecule has 0 fully saturated rings. The quantitative estimate of drug-likeness (QED) is 0.554. The highest BCUT2D eigenvalue weighted by Crippen LogP contribution is 2.27. The Hall–Kier alpha value is -1.59. The van der Waals surface area contributed by atoms with Crippen LogP contribution in [-0.4, -0.2) is 33.2 Å². The second-order valence-corrected chi connectivity index (χ2v) is 3.39. The van der Waals surface area contributed by atoms with Crippen molar-refractivity contribution in [1.29, 1.82) is 0 Å². The molecule has 0 saturated carbocycles. The Labute approximate surface area is 80.2 Å². The fraction of sp³-hybridized carbons (Fsp3) is 0.625. The van der Waals surface area contributed by atoms with Crippen molar-refractivity contribution in [3.8, 4) is 0 Å². The molecule has 3 N–H and O–H groups in total. The molecule has 0 aliphatic carbocycles. The van der Waals surface area contributed by atoms with Gasteiger partial charge in [-0.2, -0.15) is 0 Å². The van der Waals surface area contributed by atoms with Crippen LogP contribution in [0.5, 0.6) is 0 Å². The van der Waals surface area contributed by atoms with E-state index in [1.165, 1.54) is 6.92 Å². The third kappa shape index (κ3) is 2.45. The molecule has 0 aliphatic heterocycles. The molecular formula is C8H12O6. The smallest absolute Gasteiger partial charge is 0.320 e. The average molecular weight is 204 g/mol. The zero-order chi connectivity index (χ0) is 11.5. The minimum atomic E-state index is -2.04. The number of aliphatic carboxylic acids is 3. The molecule has 14 heavy (non-hydrogen) atoms. The second kappa shape index (κ2) is 4.08. The van der Waals surface area contributed by atoms with Crippen LogP contribution in [0.3, 0.4) is 0 Å². The van der Waals surface area contributed by atoms with Crippen molar-refractivity contribution in [3.05, 3.63) is 0 Å². The van der Waals surface area contributed by atoms with E-state index in [0.717, 1.165) is 6.92 Å². The summed E-state index contributed by atoms with van der Waals surface area (Å²) in [6.07, 6.45) is -0.438. The van der Waals surface area contributed by atoms with E-state index in [9.17, 15) is 14.4 Å². The van der Waals surface area contributed by atoms with Gasteiger partial charge < -0.3 is 15.3 Å². The van der Waals surface area contributed by atoms with Crippen molar-refractivity contribution in [1.82, 2.24) is 0 Å². The van der Waals surface area contributed by atoms with Crippen LogP contribution in [0, 0.1) is 11.3 Å². The second-order valence-electron chi connectivity index (χ2n) is 3.39. The minimum Gasteiger partial charge on any atom is -0.481 e. The van der Waals surface area contributed by atoms with Gasteiger partial charge in [0.1, 0.15) is 0 Å². The topological polar surface area (TPSA) is 112 Å². The Morgan fingerprint density at radius 3 is 1.71 bits per heavy atom. The number of hydrogen-bond acceptors (Lipinski definition) is 3. The third-order valence-electron chi connectivity index (χ3n) is 2.08. The molecule has 0 rings (SSSR count). The molecule has 0 saturated heterocycles. The van der Waals surface area contributed by atoms with Gasteiger partial charge in [0.05, 0.1) is 5.92 Å². The van der Waals surface area contributed by atoms with Gasteiger partial charge in [-0.15, -0.1) is 0 Å². The first-order valence-corrected chi connectivity index (χ1v) is 3.91. The van der Waals surface area contributed by atoms with Gasteiger partial charge in [-0.1, -0.05) is 6.92 Å². The van der Waals surface area contributed by atoms with Crippen molar-refractivity contribution >= 4 is 17.9 Å². The Kier molecular flexibility index (Phi) is 3.62. The lowest BCUT2D eigenvalue weighted by atomic mass is 9.81. The predicted molar refractivity (Wildman–Crippen MR) is 44.8 cm³/mol. The van der Waals surface area contributed by atoms with Crippen LogP contribution in [0.4, 0.5) is 0 Å². The molecular weight excluding hydrogens is 192 g/mol. The van der Waals surface area contributed by atoms with Crippen molar-refractivity contribution in [2.45, 2.75) is 20.3 Å². The number of rotatable bonds is 5. The van der Waals surface area contributed by atoms with Gasteiger partial charge in [0.15, 0.2) is 5.41 Å². The monoisotopic (exact) mass is 204 g/mol. The molecule has 0 radical (unpaired) electrons. The van der Waals surface area contributed by atoms with Crippen molar-refractivity contribution in [3.63, 3.8) is 0 Å². The molecule has 0 aliphatic rings. The van der Waals surface area contributed by atoms with Crippen molar-refractivity contribution in [2.24, 2.45) is 11.3 Å². The molecule has 0 amide bonds. The summed E-state index contributed by atoms with van der Waals surface area (Å²) in [6, 6.07) is 0. The minimum absolute atomic E-state index is 0.438. The zero-order valence-corrected chi connectivity index (χ0v) is 7.85. The number of carboxylic acids is 3. The summed E-state index contributed by atoms with van der Waals surface area (Å²) >= 11 is 0. The molecule has 0 unspecified atom stereocenters. The maximum absolute atomic E-state index is 10.6. The van der Waals surface area contributed by atoms with Crippen LogP contribution in [0.1, 0.15) is 20.3 Å². The molecule has 6 nitrogen and oxygen atoms in total. The molecule has 0 aromatic heterocycles. The van der Waals surface area contributed by atoms with Gasteiger partial charge in [0, 0.05) is 0 Å². The fourth-order valence-corrected chi connectivity index (χ4v) is 0.966. The third-order valence-corrected chi connectivity index (χ3v) is 2.08. The van der Waals surface area contributed by atoms with Crippen LogP contribution >= 0.6 is 0 Å². The maximum Gasteiger partial charge on any atom is 0.320 e. The first-order chi connectivity index (χ1) is 6.21. The maximum atomic E-state index is 10.6. The van der Waals surface area contributed by atoms with E-state index in [2.05, 4.69) is 0 Å². The van der Waals surface area contributed by atoms with Gasteiger partial charge >= 0.3 is 17.9 Å². The molecule has 6 heteroatoms. The van der Waals surface area contributed by atoms with Crippen molar-refractivity contribution < 1.29 is 29.7 Å². The summed E-state index contributed by atoms with van der Waals surface area (Å²) in [6.45, 7) is 2.27. The lowest BCUT2D eigenvalue weighted by Crippen LogP contribution is -2.39. The van der Waals surface area contributed by atoms with Gasteiger partial charge in [-0.3, -0.25) is 14.4 Å². The fourth-order valence-electron chi connectivity index (χ4n) is 0.966. The molecule has 0 heterocycles. The van der Waals surface area contributed by atoms with Crippen LogP contribution in [0.25, 0.3) is 0 Å². The highest BCUT2D eigenvalue weighted by atomic mass is 16.4. The Morgan fingerprint density at radius 1 is 1.14 bits per heavy atom. The van der Waals surface area contributed by atoms with E-state index in [1.54, 1.807) is 0 Å². The summed E-state index contributed by atoms with van der Waals surface area (Å²) in [5.74, 6) is -5.28. The zero-order valence-electron chi connectivity index (χ0n) is 7.85. The van der Waals surface area contributed by atoms with Gasteiger partial charge in [0.2, 0.25) is 0 Å². The van der Waals surface area contributed by atoms with Gasteiger partial charge in [-0.05, 0) is 13.3 Å². The molecule has 0 aromatic carbocycles. The van der Waals surface area contributed by atoms with E-state index in [0.29, 0.717) is 0 Å². The SMILES string of the molecule is C[C@H](CC(C)(C(=O)O)C(=O)O)C(=O)O. The van der Waals surface area contributed by atoms with Crippen LogP contribution < -0.4 is 0 Å². The van der Waals surface area contributed by atoms with E-state index in [1.807, 2.05) is 0 Å². The van der Waals surface area contributed by atoms with Crippen LogP contribution in [0.15, 0.2) is 0 Å². The molecule has 80 valence electrons. The van der Waals surface area contributed by atoms with Gasteiger partial charge in [0.25, 0.3) is 0 Å². The Morgan fingerprint density at radius 2 is 1.50 bits per heavy atom. The van der Waals surface area contributed by atoms with E-state index in [-0.39, 0.29) is 0 Å². The Balaban J connectivity index is 4.79. The number of carbonyl (C=O) groups is 3. The summed E-state index contributed by atoms with van der Waals surface area (Å²) in [5.41, 5.74) is -2.04. The lowest BCUT2D eigenvalue weighted by molar-refractivity contribution is -0.165. The summed E-state index contributed by atoms with van der Waals surface area (Å²) < 4.78 is 0. The van der Waals surface area contributed by atoms with Gasteiger partial charge in [-0.25, -0.2) is 0 Å². The highest BCUT2D eigenvalue weighted by molar-refractivity contribution is 5.98. The first kappa shape index (κ1) is 12.4. The summed E-state index contributed by atoms with van der Waals surface area (Å²) in [5, 5.41) is 25.8. The van der Waals surface area contributed by atoms with E-state index < -0.39 is 35.7 Å².